The van der Waals surface area contributed by atoms with E-state index in [9.17, 15) is 5.11 Å². The zero-order chi connectivity index (χ0) is 8.97. The summed E-state index contributed by atoms with van der Waals surface area (Å²) < 4.78 is 5.83. The van der Waals surface area contributed by atoms with Gasteiger partial charge in [-0.3, -0.25) is 4.98 Å². The quantitative estimate of drug-likeness (QED) is 0.809. The van der Waals surface area contributed by atoms with Crippen LogP contribution in [0.25, 0.3) is 0 Å². The fourth-order valence-corrected chi connectivity index (χ4v) is 1.01. The van der Waals surface area contributed by atoms with E-state index in [-0.39, 0.29) is 0 Å². The summed E-state index contributed by atoms with van der Waals surface area (Å²) in [5, 5.41) is 9.31. The van der Waals surface area contributed by atoms with Crippen LogP contribution in [-0.2, 0) is 4.74 Å². The molecule has 1 rings (SSSR count). The third-order valence-electron chi connectivity index (χ3n) is 1.33. The van der Waals surface area contributed by atoms with Gasteiger partial charge in [0.15, 0.2) is 6.29 Å². The minimum Gasteiger partial charge on any atom is -0.363 e. The first-order valence-corrected chi connectivity index (χ1v) is 4.44. The molecule has 1 aromatic heterocycles. The molecule has 0 aliphatic carbocycles. The Morgan fingerprint density at radius 2 is 2.42 bits per heavy atom. The molecule has 0 aliphatic rings. The molecule has 0 aromatic carbocycles. The van der Waals surface area contributed by atoms with Crippen LogP contribution in [0.2, 0.25) is 0 Å². The van der Waals surface area contributed by atoms with Crippen LogP contribution in [0.3, 0.4) is 0 Å². The van der Waals surface area contributed by atoms with Crippen molar-refractivity contribution < 1.29 is 9.84 Å². The Balaban J connectivity index is 2.68. The second-order valence-corrected chi connectivity index (χ2v) is 3.12. The van der Waals surface area contributed by atoms with Gasteiger partial charge in [0.2, 0.25) is 0 Å². The highest BCUT2D eigenvalue weighted by Gasteiger charge is 2.06. The molecule has 0 spiro atoms. The van der Waals surface area contributed by atoms with Gasteiger partial charge in [0, 0.05) is 17.3 Å². The van der Waals surface area contributed by atoms with Crippen molar-refractivity contribution in [3.8, 4) is 0 Å². The van der Waals surface area contributed by atoms with Crippen LogP contribution < -0.4 is 0 Å². The second-order valence-electron chi connectivity index (χ2n) is 2.21. The number of rotatable bonds is 3. The lowest BCUT2D eigenvalue weighted by Gasteiger charge is -2.08. The van der Waals surface area contributed by atoms with E-state index in [0.29, 0.717) is 12.3 Å². The molecule has 0 bridgehead atoms. The van der Waals surface area contributed by atoms with Gasteiger partial charge in [-0.2, -0.15) is 0 Å². The summed E-state index contributed by atoms with van der Waals surface area (Å²) in [4.78, 5) is 3.97. The number of hydrogen-bond donors (Lipinski definition) is 1. The van der Waals surface area contributed by atoms with E-state index in [1.807, 2.05) is 13.0 Å². The predicted molar refractivity (Wildman–Crippen MR) is 48.5 cm³/mol. The van der Waals surface area contributed by atoms with Crippen molar-refractivity contribution in [2.24, 2.45) is 0 Å². The number of halogens is 1. The summed E-state index contributed by atoms with van der Waals surface area (Å²) in [5.74, 6) is 0. The Kier molecular flexibility index (Phi) is 3.65. The summed E-state index contributed by atoms with van der Waals surface area (Å²) in [6.07, 6.45) is 0.709. The first kappa shape index (κ1) is 9.64. The maximum Gasteiger partial charge on any atom is 0.198 e. The monoisotopic (exact) mass is 231 g/mol. The number of ether oxygens (including phenoxy) is 1. The minimum absolute atomic E-state index is 0.471. The highest BCUT2D eigenvalue weighted by atomic mass is 79.9. The highest BCUT2D eigenvalue weighted by Crippen LogP contribution is 2.14. The van der Waals surface area contributed by atoms with Gasteiger partial charge in [0.1, 0.15) is 0 Å². The molecule has 1 atom stereocenters. The van der Waals surface area contributed by atoms with Crippen molar-refractivity contribution >= 4 is 15.9 Å². The smallest absolute Gasteiger partial charge is 0.198 e. The Bertz CT molecular complexity index is 237. The molecule has 0 amide bonds. The van der Waals surface area contributed by atoms with Crippen molar-refractivity contribution in [3.05, 3.63) is 28.5 Å². The van der Waals surface area contributed by atoms with Gasteiger partial charge >= 0.3 is 0 Å². The maximum absolute atomic E-state index is 9.31. The zero-order valence-electron chi connectivity index (χ0n) is 6.70. The third kappa shape index (κ3) is 2.55. The lowest BCUT2D eigenvalue weighted by Crippen LogP contribution is -2.04. The van der Waals surface area contributed by atoms with E-state index in [1.54, 1.807) is 12.3 Å². The Morgan fingerprint density at radius 1 is 1.67 bits per heavy atom. The van der Waals surface area contributed by atoms with Crippen LogP contribution in [0.4, 0.5) is 0 Å². The molecule has 4 heteroatoms. The van der Waals surface area contributed by atoms with E-state index in [1.165, 1.54) is 0 Å². The van der Waals surface area contributed by atoms with Crippen LogP contribution >= 0.6 is 15.9 Å². The van der Waals surface area contributed by atoms with E-state index in [2.05, 4.69) is 20.9 Å². The number of aliphatic hydroxyl groups excluding tert-OH is 1. The van der Waals surface area contributed by atoms with Gasteiger partial charge in [-0.1, -0.05) is 0 Å². The SMILES string of the molecule is CCOC(O)c1ccc(Br)cn1. The number of nitrogens with zero attached hydrogens (tertiary/aromatic N) is 1. The van der Waals surface area contributed by atoms with Crippen molar-refractivity contribution in [1.29, 1.82) is 0 Å². The first-order chi connectivity index (χ1) is 5.74. The largest absolute Gasteiger partial charge is 0.363 e. The molecule has 1 N–H and O–H groups in total. The summed E-state index contributed by atoms with van der Waals surface area (Å²) in [5.41, 5.74) is 0.528. The molecule has 0 saturated carbocycles. The first-order valence-electron chi connectivity index (χ1n) is 3.65. The molecule has 12 heavy (non-hydrogen) atoms. The van der Waals surface area contributed by atoms with Crippen LogP contribution in [0.1, 0.15) is 18.9 Å². The fourth-order valence-electron chi connectivity index (χ4n) is 0.777. The topological polar surface area (TPSA) is 42.4 Å². The van der Waals surface area contributed by atoms with Crippen molar-refractivity contribution in [1.82, 2.24) is 4.98 Å². The Labute approximate surface area is 79.5 Å². The van der Waals surface area contributed by atoms with E-state index < -0.39 is 6.29 Å². The van der Waals surface area contributed by atoms with Gasteiger partial charge < -0.3 is 9.84 Å². The van der Waals surface area contributed by atoms with Gasteiger partial charge in [0.25, 0.3) is 0 Å². The molecular formula is C8H10BrNO2. The van der Waals surface area contributed by atoms with Crippen LogP contribution in [0.5, 0.6) is 0 Å². The number of pyridine rings is 1. The van der Waals surface area contributed by atoms with Crippen LogP contribution in [0, 0.1) is 0 Å². The summed E-state index contributed by atoms with van der Waals surface area (Å²) in [6.45, 7) is 2.29. The summed E-state index contributed by atoms with van der Waals surface area (Å²) in [6, 6.07) is 3.52. The lowest BCUT2D eigenvalue weighted by molar-refractivity contribution is -0.101. The zero-order valence-corrected chi connectivity index (χ0v) is 8.28. The van der Waals surface area contributed by atoms with Gasteiger partial charge in [-0.05, 0) is 35.0 Å². The van der Waals surface area contributed by atoms with Gasteiger partial charge in [0.05, 0.1) is 5.69 Å². The molecule has 1 aromatic rings. The molecule has 0 saturated heterocycles. The third-order valence-corrected chi connectivity index (χ3v) is 1.80. The molecule has 0 fully saturated rings. The van der Waals surface area contributed by atoms with Crippen LogP contribution in [0.15, 0.2) is 22.8 Å². The molecular weight excluding hydrogens is 222 g/mol. The standard InChI is InChI=1S/C8H10BrNO2/c1-2-12-8(11)7-4-3-6(9)5-10-7/h3-5,8,11H,2H2,1H3. The maximum atomic E-state index is 9.31. The average Bonchev–Trinajstić information content (AvgIpc) is 2.06. The Morgan fingerprint density at radius 3 is 2.92 bits per heavy atom. The minimum atomic E-state index is -0.914. The number of aliphatic hydroxyl groups is 1. The lowest BCUT2D eigenvalue weighted by atomic mass is 10.3. The Hall–Kier alpha value is -0.450. The van der Waals surface area contributed by atoms with Gasteiger partial charge in [-0.25, -0.2) is 0 Å². The molecule has 66 valence electrons. The van der Waals surface area contributed by atoms with E-state index in [4.69, 9.17) is 4.74 Å². The van der Waals surface area contributed by atoms with E-state index >= 15 is 0 Å². The predicted octanol–water partition coefficient (Wildman–Crippen LogP) is 1.87. The van der Waals surface area contributed by atoms with Gasteiger partial charge in [-0.15, -0.1) is 0 Å². The average molecular weight is 232 g/mol. The molecule has 1 heterocycles. The summed E-state index contributed by atoms with van der Waals surface area (Å²) >= 11 is 3.25. The van der Waals surface area contributed by atoms with Crippen molar-refractivity contribution in [2.45, 2.75) is 13.2 Å². The molecule has 0 radical (unpaired) electrons. The van der Waals surface area contributed by atoms with Crippen molar-refractivity contribution in [3.63, 3.8) is 0 Å². The van der Waals surface area contributed by atoms with Crippen molar-refractivity contribution in [2.75, 3.05) is 6.61 Å². The highest BCUT2D eigenvalue weighted by molar-refractivity contribution is 9.10. The molecule has 1 unspecified atom stereocenters. The fraction of sp³-hybridized carbons (Fsp3) is 0.375. The number of hydrogen-bond acceptors (Lipinski definition) is 3. The summed E-state index contributed by atoms with van der Waals surface area (Å²) in [7, 11) is 0. The molecule has 0 aliphatic heterocycles. The van der Waals surface area contributed by atoms with E-state index in [0.717, 1.165) is 4.47 Å². The number of aromatic nitrogens is 1. The second kappa shape index (κ2) is 4.54. The molecule has 3 nitrogen and oxygen atoms in total. The van der Waals surface area contributed by atoms with Crippen LogP contribution in [-0.4, -0.2) is 16.7 Å². The normalized spacial score (nSPS) is 12.9.